The van der Waals surface area contributed by atoms with Crippen LogP contribution >= 0.6 is 0 Å². The number of rotatable bonds is 1. The Labute approximate surface area is 144 Å². The maximum atomic E-state index is 2.62. The maximum absolute atomic E-state index is 2.62. The lowest BCUT2D eigenvalue weighted by atomic mass is 9.44. The van der Waals surface area contributed by atoms with Crippen molar-refractivity contribution in [3.05, 3.63) is 60.2 Å². The van der Waals surface area contributed by atoms with Gasteiger partial charge in [-0.3, -0.25) is 0 Å². The molecule has 4 bridgehead atoms. The second kappa shape index (κ2) is 4.65. The van der Waals surface area contributed by atoms with Crippen LogP contribution in [0.3, 0.4) is 0 Å². The van der Waals surface area contributed by atoms with Gasteiger partial charge in [-0.2, -0.15) is 0 Å². The minimum absolute atomic E-state index is 0.430. The molecule has 24 heavy (non-hydrogen) atoms. The Balaban J connectivity index is 1.52. The first kappa shape index (κ1) is 13.5. The van der Waals surface area contributed by atoms with E-state index in [1.54, 1.807) is 5.56 Å². The van der Waals surface area contributed by atoms with Crippen molar-refractivity contribution in [2.75, 3.05) is 11.4 Å². The van der Waals surface area contributed by atoms with Gasteiger partial charge in [0.25, 0.3) is 0 Å². The van der Waals surface area contributed by atoms with Crippen molar-refractivity contribution in [2.45, 2.75) is 37.5 Å². The van der Waals surface area contributed by atoms with Crippen LogP contribution in [0.25, 0.3) is 0 Å². The minimum atomic E-state index is 0.430. The summed E-state index contributed by atoms with van der Waals surface area (Å²) in [6, 6.07) is 20.4. The lowest BCUT2D eigenvalue weighted by molar-refractivity contribution is -0.0529. The Hall–Kier alpha value is -1.76. The minimum Gasteiger partial charge on any atom is -0.340 e. The molecule has 0 unspecified atom stereocenters. The largest absolute Gasteiger partial charge is 0.340 e. The second-order valence-corrected chi connectivity index (χ2v) is 8.78. The van der Waals surface area contributed by atoms with Gasteiger partial charge in [-0.25, -0.2) is 0 Å². The Morgan fingerprint density at radius 1 is 0.708 bits per heavy atom. The van der Waals surface area contributed by atoms with E-state index in [1.165, 1.54) is 50.0 Å². The Bertz CT molecular complexity index is 750. The van der Waals surface area contributed by atoms with E-state index in [9.17, 15) is 0 Å². The van der Waals surface area contributed by atoms with Gasteiger partial charge in [-0.15, -0.1) is 0 Å². The summed E-state index contributed by atoms with van der Waals surface area (Å²) in [5, 5.41) is 0. The summed E-state index contributed by atoms with van der Waals surface area (Å²) in [4.78, 5) is 2.62. The van der Waals surface area contributed by atoms with E-state index in [0.717, 1.165) is 23.7 Å². The number of hydrogen-bond acceptors (Lipinski definition) is 1. The van der Waals surface area contributed by atoms with Crippen LogP contribution in [0.15, 0.2) is 54.6 Å². The first-order chi connectivity index (χ1) is 11.8. The summed E-state index contributed by atoms with van der Waals surface area (Å²) in [7, 11) is 0. The van der Waals surface area contributed by atoms with Gasteiger partial charge >= 0.3 is 0 Å². The predicted molar refractivity (Wildman–Crippen MR) is 98.6 cm³/mol. The van der Waals surface area contributed by atoms with Gasteiger partial charge in [0, 0.05) is 23.3 Å². The van der Waals surface area contributed by atoms with Crippen LogP contribution in [0, 0.1) is 23.7 Å². The van der Waals surface area contributed by atoms with E-state index < -0.39 is 0 Å². The molecule has 0 aromatic heterocycles. The van der Waals surface area contributed by atoms with Gasteiger partial charge in [0.15, 0.2) is 0 Å². The topological polar surface area (TPSA) is 3.24 Å². The molecule has 0 atom stereocenters. The van der Waals surface area contributed by atoms with Gasteiger partial charge in [0.1, 0.15) is 0 Å². The van der Waals surface area contributed by atoms with E-state index in [2.05, 4.69) is 59.5 Å². The molecule has 2 aromatic rings. The molecule has 0 radical (unpaired) electrons. The molecule has 4 aliphatic carbocycles. The summed E-state index contributed by atoms with van der Waals surface area (Å²) < 4.78 is 0. The molecule has 0 amide bonds. The monoisotopic (exact) mass is 315 g/mol. The highest BCUT2D eigenvalue weighted by atomic mass is 15.2. The summed E-state index contributed by atoms with van der Waals surface area (Å²) in [5.41, 5.74) is 4.95. The molecule has 1 heterocycles. The fourth-order valence-electron chi connectivity index (χ4n) is 7.10. The van der Waals surface area contributed by atoms with E-state index in [1.807, 2.05) is 0 Å². The number of benzene rings is 2. The van der Waals surface area contributed by atoms with Crippen LogP contribution in [0.1, 0.15) is 37.7 Å². The van der Waals surface area contributed by atoms with Crippen molar-refractivity contribution in [2.24, 2.45) is 23.7 Å². The summed E-state index contributed by atoms with van der Waals surface area (Å²) in [6.45, 7) is 1.21. The molecule has 1 aliphatic heterocycles. The first-order valence-corrected chi connectivity index (χ1v) is 9.76. The van der Waals surface area contributed by atoms with Crippen LogP contribution in [0.4, 0.5) is 11.4 Å². The molecular weight excluding hydrogens is 290 g/mol. The van der Waals surface area contributed by atoms with Gasteiger partial charge in [0.2, 0.25) is 0 Å². The van der Waals surface area contributed by atoms with Crippen LogP contribution in [0.2, 0.25) is 0 Å². The van der Waals surface area contributed by atoms with Crippen LogP contribution in [-0.2, 0) is 5.41 Å². The van der Waals surface area contributed by atoms with Gasteiger partial charge in [0.05, 0.1) is 0 Å². The van der Waals surface area contributed by atoms with Crippen molar-refractivity contribution in [3.63, 3.8) is 0 Å². The first-order valence-electron chi connectivity index (χ1n) is 9.76. The summed E-state index contributed by atoms with van der Waals surface area (Å²) in [6.07, 6.45) is 7.50. The van der Waals surface area contributed by atoms with Crippen molar-refractivity contribution >= 4 is 11.4 Å². The average Bonchev–Trinajstić information content (AvgIpc) is 2.96. The van der Waals surface area contributed by atoms with E-state index in [0.29, 0.717) is 5.41 Å². The number of nitrogens with zero attached hydrogens (tertiary/aromatic N) is 1. The molecule has 1 spiro atoms. The lowest BCUT2D eigenvalue weighted by Gasteiger charge is -2.60. The zero-order chi connectivity index (χ0) is 15.7. The SMILES string of the molecule is c1ccc(N2CC3(c4ccccc42)C2CC4CC(C2)CC3C4)cc1. The Morgan fingerprint density at radius 2 is 1.33 bits per heavy atom. The fourth-order valence-corrected chi connectivity index (χ4v) is 7.10. The standard InChI is InChI=1S/C23H25N/c1-2-6-20(7-3-1)24-15-23(21-8-4-5-9-22(21)24)18-11-16-10-17(13-18)14-19(23)12-16/h1-9,16-19H,10-15H2. The third-order valence-corrected chi connectivity index (χ3v) is 7.78. The van der Waals surface area contributed by atoms with E-state index >= 15 is 0 Å². The van der Waals surface area contributed by atoms with Gasteiger partial charge < -0.3 is 4.90 Å². The lowest BCUT2D eigenvalue weighted by Crippen LogP contribution is -2.57. The number of para-hydroxylation sites is 2. The molecule has 4 saturated carbocycles. The highest BCUT2D eigenvalue weighted by Gasteiger charge is 2.61. The smallest absolute Gasteiger partial charge is 0.0450 e. The van der Waals surface area contributed by atoms with Crippen molar-refractivity contribution in [1.29, 1.82) is 0 Å². The highest BCUT2D eigenvalue weighted by Crippen LogP contribution is 2.66. The van der Waals surface area contributed by atoms with Gasteiger partial charge in [-0.1, -0.05) is 36.4 Å². The van der Waals surface area contributed by atoms with Crippen LogP contribution in [0.5, 0.6) is 0 Å². The van der Waals surface area contributed by atoms with E-state index in [-0.39, 0.29) is 0 Å². The number of anilines is 2. The quantitative estimate of drug-likeness (QED) is 0.668. The van der Waals surface area contributed by atoms with Crippen LogP contribution in [-0.4, -0.2) is 6.54 Å². The zero-order valence-electron chi connectivity index (χ0n) is 14.2. The maximum Gasteiger partial charge on any atom is 0.0450 e. The van der Waals surface area contributed by atoms with Crippen molar-refractivity contribution < 1.29 is 0 Å². The molecule has 2 aromatic carbocycles. The van der Waals surface area contributed by atoms with Crippen molar-refractivity contribution in [1.82, 2.24) is 0 Å². The average molecular weight is 315 g/mol. The molecule has 7 rings (SSSR count). The van der Waals surface area contributed by atoms with E-state index in [4.69, 9.17) is 0 Å². The molecule has 0 saturated heterocycles. The highest BCUT2D eigenvalue weighted by molar-refractivity contribution is 5.73. The third-order valence-electron chi connectivity index (χ3n) is 7.78. The molecule has 4 fully saturated rings. The fraction of sp³-hybridized carbons (Fsp3) is 0.478. The molecular formula is C23H25N. The van der Waals surface area contributed by atoms with Crippen molar-refractivity contribution in [3.8, 4) is 0 Å². The molecule has 122 valence electrons. The van der Waals surface area contributed by atoms with Gasteiger partial charge in [-0.05, 0) is 79.5 Å². The second-order valence-electron chi connectivity index (χ2n) is 8.78. The Morgan fingerprint density at radius 3 is 2.04 bits per heavy atom. The summed E-state index contributed by atoms with van der Waals surface area (Å²) >= 11 is 0. The number of hydrogen-bond donors (Lipinski definition) is 0. The number of fused-ring (bicyclic) bond motifs is 1. The normalized spacial score (nSPS) is 38.8. The van der Waals surface area contributed by atoms with Crippen LogP contribution < -0.4 is 4.90 Å². The third kappa shape index (κ3) is 1.61. The molecule has 1 heteroatoms. The Kier molecular flexibility index (Phi) is 2.62. The molecule has 1 nitrogen and oxygen atoms in total. The predicted octanol–water partition coefficient (Wildman–Crippen LogP) is 5.53. The molecule has 0 N–H and O–H groups in total. The zero-order valence-corrected chi connectivity index (χ0v) is 14.2. The molecule has 5 aliphatic rings. The summed E-state index contributed by atoms with van der Waals surface area (Å²) in [5.74, 6) is 3.92.